The molecule has 8 heteroatoms. The Hall–Kier alpha value is -3.26. The van der Waals surface area contributed by atoms with E-state index in [1.54, 1.807) is 6.20 Å². The van der Waals surface area contributed by atoms with Crippen molar-refractivity contribution in [2.24, 2.45) is 0 Å². The fraction of sp³-hybridized carbons (Fsp3) is 0.300. The second-order valence-corrected chi connectivity index (χ2v) is 6.33. The third-order valence-electron chi connectivity index (χ3n) is 4.35. The first kappa shape index (κ1) is 19.5. The van der Waals surface area contributed by atoms with Gasteiger partial charge in [-0.1, -0.05) is 6.92 Å². The third kappa shape index (κ3) is 4.72. The summed E-state index contributed by atoms with van der Waals surface area (Å²) in [4.78, 5) is 30.5. The molecule has 0 aliphatic heterocycles. The summed E-state index contributed by atoms with van der Waals surface area (Å²) < 4.78 is 5.84. The molecule has 2 amide bonds. The number of nitrogens with zero attached hydrogens (tertiary/aromatic N) is 2. The molecule has 8 nitrogen and oxygen atoms in total. The highest BCUT2D eigenvalue weighted by molar-refractivity contribution is 5.94. The number of aryl methyl sites for hydroxylation is 1. The maximum atomic E-state index is 11.6. The lowest BCUT2D eigenvalue weighted by Gasteiger charge is -2.06. The number of benzene rings is 1. The van der Waals surface area contributed by atoms with Gasteiger partial charge in [-0.05, 0) is 38.1 Å². The number of hydrogen-bond acceptors (Lipinski definition) is 6. The summed E-state index contributed by atoms with van der Waals surface area (Å²) in [5.41, 5.74) is 3.42. The van der Waals surface area contributed by atoms with Crippen molar-refractivity contribution >= 4 is 34.8 Å². The van der Waals surface area contributed by atoms with Crippen molar-refractivity contribution in [3.8, 4) is 0 Å². The van der Waals surface area contributed by atoms with Crippen LogP contribution in [-0.4, -0.2) is 28.8 Å². The Bertz CT molecular complexity index is 983. The second kappa shape index (κ2) is 9.09. The minimum absolute atomic E-state index is 0.0183. The first-order valence-corrected chi connectivity index (χ1v) is 9.14. The van der Waals surface area contributed by atoms with Crippen LogP contribution in [-0.2, 0) is 22.6 Å². The smallest absolute Gasteiger partial charge is 0.224 e. The first-order chi connectivity index (χ1) is 13.6. The van der Waals surface area contributed by atoms with E-state index in [1.165, 1.54) is 6.20 Å². The summed E-state index contributed by atoms with van der Waals surface area (Å²) in [5, 5.41) is 9.70. The van der Waals surface area contributed by atoms with Gasteiger partial charge >= 0.3 is 0 Å². The topological polar surface area (TPSA) is 109 Å². The molecule has 28 heavy (non-hydrogen) atoms. The molecule has 0 fully saturated rings. The number of carbonyl (C=O) groups excluding carboxylic acids is 2. The molecule has 3 aromatic rings. The molecule has 0 radical (unpaired) electrons. The Labute approximate surface area is 162 Å². The molecule has 0 saturated heterocycles. The van der Waals surface area contributed by atoms with Crippen molar-refractivity contribution in [1.82, 2.24) is 15.3 Å². The van der Waals surface area contributed by atoms with Crippen LogP contribution in [0.25, 0.3) is 11.0 Å². The molecule has 3 N–H and O–H groups in total. The van der Waals surface area contributed by atoms with Crippen LogP contribution in [0.4, 0.5) is 11.5 Å². The van der Waals surface area contributed by atoms with Crippen molar-refractivity contribution in [2.45, 2.75) is 33.2 Å². The van der Waals surface area contributed by atoms with Crippen molar-refractivity contribution in [3.05, 3.63) is 47.6 Å². The van der Waals surface area contributed by atoms with Crippen molar-refractivity contribution in [2.75, 3.05) is 17.2 Å². The van der Waals surface area contributed by atoms with Crippen molar-refractivity contribution in [3.63, 3.8) is 0 Å². The Morgan fingerprint density at radius 1 is 1.29 bits per heavy atom. The average Bonchev–Trinajstić information content (AvgIpc) is 3.00. The fourth-order valence-corrected chi connectivity index (χ4v) is 2.96. The summed E-state index contributed by atoms with van der Waals surface area (Å²) in [7, 11) is 0. The van der Waals surface area contributed by atoms with Gasteiger partial charge in [-0.3, -0.25) is 14.6 Å². The van der Waals surface area contributed by atoms with E-state index in [0.717, 1.165) is 40.1 Å². The quantitative estimate of drug-likeness (QED) is 0.388. The number of rotatable bonds is 9. The summed E-state index contributed by atoms with van der Waals surface area (Å²) in [6.45, 7) is 5.02. The molecule has 0 atom stereocenters. The van der Waals surface area contributed by atoms with Gasteiger partial charge in [0.2, 0.25) is 12.3 Å². The number of hydrogen-bond donors (Lipinski definition) is 3. The van der Waals surface area contributed by atoms with Gasteiger partial charge in [0.25, 0.3) is 0 Å². The van der Waals surface area contributed by atoms with E-state index in [0.29, 0.717) is 31.7 Å². The zero-order valence-corrected chi connectivity index (χ0v) is 15.9. The average molecular weight is 381 g/mol. The lowest BCUT2D eigenvalue weighted by molar-refractivity contribution is -0.115. The lowest BCUT2D eigenvalue weighted by Crippen LogP contribution is -2.18. The van der Waals surface area contributed by atoms with Gasteiger partial charge in [0.15, 0.2) is 5.82 Å². The number of furan rings is 1. The van der Waals surface area contributed by atoms with Crippen LogP contribution in [0.5, 0.6) is 0 Å². The summed E-state index contributed by atoms with van der Waals surface area (Å²) >= 11 is 0. The maximum absolute atomic E-state index is 11.6. The van der Waals surface area contributed by atoms with Crippen LogP contribution in [0.1, 0.15) is 30.4 Å². The van der Waals surface area contributed by atoms with Crippen LogP contribution >= 0.6 is 0 Å². The molecule has 146 valence electrons. The zero-order chi connectivity index (χ0) is 19.9. The summed E-state index contributed by atoms with van der Waals surface area (Å²) in [6, 6.07) is 5.68. The van der Waals surface area contributed by atoms with Crippen LogP contribution in [0.15, 0.2) is 35.0 Å². The van der Waals surface area contributed by atoms with Crippen molar-refractivity contribution < 1.29 is 14.0 Å². The van der Waals surface area contributed by atoms with Gasteiger partial charge in [-0.2, -0.15) is 0 Å². The molecular weight excluding hydrogens is 358 g/mol. The number of fused-ring (bicyclic) bond motifs is 1. The Balaban J connectivity index is 1.64. The minimum atomic E-state index is -0.0183. The fourth-order valence-electron chi connectivity index (χ4n) is 2.96. The first-order valence-electron chi connectivity index (χ1n) is 9.14. The van der Waals surface area contributed by atoms with Gasteiger partial charge in [0, 0.05) is 35.8 Å². The third-order valence-corrected chi connectivity index (χ3v) is 4.35. The van der Waals surface area contributed by atoms with Gasteiger partial charge in [0.05, 0.1) is 11.9 Å². The highest BCUT2D eigenvalue weighted by Gasteiger charge is 2.12. The van der Waals surface area contributed by atoms with Gasteiger partial charge < -0.3 is 20.4 Å². The molecule has 2 aromatic heterocycles. The van der Waals surface area contributed by atoms with E-state index < -0.39 is 0 Å². The molecule has 0 spiro atoms. The maximum Gasteiger partial charge on any atom is 0.224 e. The molecule has 1 aromatic carbocycles. The Kier molecular flexibility index (Phi) is 6.33. The SMILES string of the molecule is CCC(=O)Nc1ccc2oc(C)c(CCNCc3cncc(NC=O)n3)c2c1. The van der Waals surface area contributed by atoms with Gasteiger partial charge in [-0.15, -0.1) is 0 Å². The Morgan fingerprint density at radius 3 is 2.93 bits per heavy atom. The molecule has 0 unspecified atom stereocenters. The number of anilines is 2. The molecule has 0 aliphatic carbocycles. The zero-order valence-electron chi connectivity index (χ0n) is 15.9. The summed E-state index contributed by atoms with van der Waals surface area (Å²) in [5.74, 6) is 1.27. The van der Waals surface area contributed by atoms with Gasteiger partial charge in [-0.25, -0.2) is 4.98 Å². The molecule has 2 heterocycles. The highest BCUT2D eigenvalue weighted by Crippen LogP contribution is 2.28. The largest absolute Gasteiger partial charge is 0.461 e. The molecule has 0 bridgehead atoms. The van der Waals surface area contributed by atoms with E-state index in [-0.39, 0.29) is 5.91 Å². The number of amides is 2. The van der Waals surface area contributed by atoms with Crippen LogP contribution < -0.4 is 16.0 Å². The predicted octanol–water partition coefficient (Wildman–Crippen LogP) is 2.78. The van der Waals surface area contributed by atoms with E-state index in [1.807, 2.05) is 32.0 Å². The number of nitrogens with one attached hydrogen (secondary N) is 3. The monoisotopic (exact) mass is 381 g/mol. The number of carbonyl (C=O) groups is 2. The normalized spacial score (nSPS) is 10.8. The minimum Gasteiger partial charge on any atom is -0.461 e. The highest BCUT2D eigenvalue weighted by atomic mass is 16.3. The van der Waals surface area contributed by atoms with E-state index >= 15 is 0 Å². The van der Waals surface area contributed by atoms with Crippen molar-refractivity contribution in [1.29, 1.82) is 0 Å². The van der Waals surface area contributed by atoms with E-state index in [4.69, 9.17) is 4.42 Å². The van der Waals surface area contributed by atoms with Gasteiger partial charge in [0.1, 0.15) is 11.3 Å². The standard InChI is InChI=1S/C20H23N5O3/c1-3-20(27)25-14-4-5-18-17(8-14)16(13(2)28-18)6-7-21-9-15-10-22-11-19(24-15)23-12-26/h4-5,8,10-12,21H,3,6-7,9H2,1-2H3,(H,25,27)(H,23,24,26). The van der Waals surface area contributed by atoms with E-state index in [2.05, 4.69) is 25.9 Å². The van der Waals surface area contributed by atoms with Crippen LogP contribution in [0.3, 0.4) is 0 Å². The number of aromatic nitrogens is 2. The summed E-state index contributed by atoms with van der Waals surface area (Å²) in [6.07, 6.45) is 4.93. The van der Waals surface area contributed by atoms with E-state index in [9.17, 15) is 9.59 Å². The lowest BCUT2D eigenvalue weighted by atomic mass is 10.1. The Morgan fingerprint density at radius 2 is 2.14 bits per heavy atom. The molecular formula is C20H23N5O3. The van der Waals surface area contributed by atoms with Crippen LogP contribution in [0, 0.1) is 6.92 Å². The molecule has 3 rings (SSSR count). The van der Waals surface area contributed by atoms with Crippen LogP contribution in [0.2, 0.25) is 0 Å². The second-order valence-electron chi connectivity index (χ2n) is 6.33. The molecule has 0 saturated carbocycles. The molecule has 0 aliphatic rings. The predicted molar refractivity (Wildman–Crippen MR) is 107 cm³/mol.